The maximum Gasteiger partial charge on any atom is 0.120 e. The van der Waals surface area contributed by atoms with Gasteiger partial charge in [0.25, 0.3) is 0 Å². The van der Waals surface area contributed by atoms with Gasteiger partial charge in [-0.15, -0.1) is 0 Å². The molecule has 1 rings (SSSR count). The van der Waals surface area contributed by atoms with Crippen molar-refractivity contribution in [3.63, 3.8) is 0 Å². The molecule has 0 unspecified atom stereocenters. The number of ether oxygens (including phenoxy) is 1. The predicted octanol–water partition coefficient (Wildman–Crippen LogP) is 3.38. The Morgan fingerprint density at radius 1 is 1.50 bits per heavy atom. The molecule has 0 aromatic heterocycles. The van der Waals surface area contributed by atoms with Crippen molar-refractivity contribution in [2.24, 2.45) is 0 Å². The number of halogens is 1. The molecule has 0 N–H and O–H groups in total. The summed E-state index contributed by atoms with van der Waals surface area (Å²) in [7, 11) is 1.62. The second kappa shape index (κ2) is 3.63. The topological polar surface area (TPSA) is 9.23 Å². The minimum Gasteiger partial charge on any atom is -0.497 e. The van der Waals surface area contributed by atoms with Crippen molar-refractivity contribution >= 4 is 17.2 Å². The van der Waals surface area contributed by atoms with Crippen LogP contribution in [0.3, 0.4) is 0 Å². The van der Waals surface area contributed by atoms with Gasteiger partial charge in [-0.2, -0.15) is 0 Å². The van der Waals surface area contributed by atoms with Gasteiger partial charge in [-0.1, -0.05) is 18.2 Å². The zero-order valence-electron chi connectivity index (χ0n) is 7.23. The molecule has 1 nitrogen and oxygen atoms in total. The van der Waals surface area contributed by atoms with E-state index in [4.69, 9.17) is 16.3 Å². The summed E-state index contributed by atoms with van der Waals surface area (Å²) in [4.78, 5) is 0. The van der Waals surface area contributed by atoms with Crippen LogP contribution in [0.25, 0.3) is 5.57 Å². The lowest BCUT2D eigenvalue weighted by Gasteiger charge is -2.05. The van der Waals surface area contributed by atoms with E-state index in [2.05, 4.69) is 6.58 Å². The van der Waals surface area contributed by atoms with E-state index < -0.39 is 0 Å². The van der Waals surface area contributed by atoms with Gasteiger partial charge in [0.15, 0.2) is 0 Å². The largest absolute Gasteiger partial charge is 0.497 e. The van der Waals surface area contributed by atoms with E-state index in [9.17, 15) is 0 Å². The Balaban J connectivity index is 3.12. The Hall–Kier alpha value is -0.950. The average Bonchev–Trinajstić information content (AvgIpc) is 2.03. The van der Waals surface area contributed by atoms with Gasteiger partial charge in [-0.25, -0.2) is 0 Å². The van der Waals surface area contributed by atoms with Crippen molar-refractivity contribution in [3.05, 3.63) is 35.4 Å². The van der Waals surface area contributed by atoms with Crippen molar-refractivity contribution in [2.75, 3.05) is 7.11 Å². The first-order valence-electron chi connectivity index (χ1n) is 3.64. The first-order valence-corrected chi connectivity index (χ1v) is 4.02. The van der Waals surface area contributed by atoms with Gasteiger partial charge in [-0.05, 0) is 36.3 Å². The molecule has 12 heavy (non-hydrogen) atoms. The molecule has 0 aliphatic rings. The van der Waals surface area contributed by atoms with Crippen molar-refractivity contribution in [1.29, 1.82) is 0 Å². The molecule has 0 fully saturated rings. The van der Waals surface area contributed by atoms with Crippen molar-refractivity contribution in [1.82, 2.24) is 0 Å². The van der Waals surface area contributed by atoms with Crippen LogP contribution in [0, 0.1) is 0 Å². The fourth-order valence-corrected chi connectivity index (χ4v) is 1.30. The first kappa shape index (κ1) is 9.14. The van der Waals surface area contributed by atoms with Gasteiger partial charge in [0.05, 0.1) is 12.1 Å². The van der Waals surface area contributed by atoms with Gasteiger partial charge in [0, 0.05) is 0 Å². The summed E-state index contributed by atoms with van der Waals surface area (Å²) in [6, 6.07) is 5.56. The fourth-order valence-electron chi connectivity index (χ4n) is 0.969. The van der Waals surface area contributed by atoms with Crippen LogP contribution >= 0.6 is 11.6 Å². The maximum atomic E-state index is 5.96. The van der Waals surface area contributed by atoms with Gasteiger partial charge in [-0.3, -0.25) is 0 Å². The molecule has 2 heteroatoms. The second-order valence-corrected chi connectivity index (χ2v) is 3.03. The molecular weight excluding hydrogens is 172 g/mol. The molecule has 0 bridgehead atoms. The van der Waals surface area contributed by atoms with Crippen molar-refractivity contribution < 1.29 is 4.74 Å². The van der Waals surface area contributed by atoms with Crippen LogP contribution in [0.2, 0.25) is 5.02 Å². The monoisotopic (exact) mass is 182 g/mol. The Kier molecular flexibility index (Phi) is 2.77. The van der Waals surface area contributed by atoms with Gasteiger partial charge in [0.1, 0.15) is 5.75 Å². The molecule has 0 aliphatic carbocycles. The summed E-state index contributed by atoms with van der Waals surface area (Å²) < 4.78 is 5.02. The van der Waals surface area contributed by atoms with E-state index in [0.29, 0.717) is 5.02 Å². The Morgan fingerprint density at radius 3 is 2.58 bits per heavy atom. The Bertz CT molecular complexity index is 305. The van der Waals surface area contributed by atoms with Crippen LogP contribution in [-0.4, -0.2) is 7.11 Å². The van der Waals surface area contributed by atoms with E-state index in [1.54, 1.807) is 13.2 Å². The van der Waals surface area contributed by atoms with Crippen LogP contribution in [0.5, 0.6) is 5.75 Å². The fraction of sp³-hybridized carbons (Fsp3) is 0.200. The third-order valence-electron chi connectivity index (χ3n) is 1.64. The smallest absolute Gasteiger partial charge is 0.120 e. The summed E-state index contributed by atoms with van der Waals surface area (Å²) in [6.07, 6.45) is 0. The highest BCUT2D eigenvalue weighted by Gasteiger charge is 2.01. The average molecular weight is 183 g/mol. The van der Waals surface area contributed by atoms with E-state index in [0.717, 1.165) is 16.9 Å². The number of allylic oxidation sites excluding steroid dienone is 1. The highest BCUT2D eigenvalue weighted by Crippen LogP contribution is 2.26. The predicted molar refractivity (Wildman–Crippen MR) is 52.7 cm³/mol. The van der Waals surface area contributed by atoms with Gasteiger partial charge in [0.2, 0.25) is 0 Å². The quantitative estimate of drug-likeness (QED) is 0.682. The van der Waals surface area contributed by atoms with Gasteiger partial charge >= 0.3 is 0 Å². The summed E-state index contributed by atoms with van der Waals surface area (Å²) in [6.45, 7) is 5.74. The molecule has 64 valence electrons. The normalized spacial score (nSPS) is 9.58. The number of hydrogen-bond acceptors (Lipinski definition) is 1. The van der Waals surface area contributed by atoms with E-state index in [1.807, 2.05) is 19.1 Å². The Labute approximate surface area is 77.6 Å². The molecule has 0 saturated heterocycles. The zero-order chi connectivity index (χ0) is 9.14. The highest BCUT2D eigenvalue weighted by molar-refractivity contribution is 6.32. The highest BCUT2D eigenvalue weighted by atomic mass is 35.5. The lowest BCUT2D eigenvalue weighted by molar-refractivity contribution is 0.415. The molecule has 0 saturated carbocycles. The zero-order valence-corrected chi connectivity index (χ0v) is 7.98. The lowest BCUT2D eigenvalue weighted by Crippen LogP contribution is -1.85. The van der Waals surface area contributed by atoms with Crippen LogP contribution < -0.4 is 4.74 Å². The SMILES string of the molecule is C=C(C)c1ccc(OC)cc1Cl. The molecule has 1 aromatic carbocycles. The summed E-state index contributed by atoms with van der Waals surface area (Å²) >= 11 is 5.96. The minimum absolute atomic E-state index is 0.682. The van der Waals surface area contributed by atoms with Crippen LogP contribution in [0.15, 0.2) is 24.8 Å². The van der Waals surface area contributed by atoms with Crippen molar-refractivity contribution in [3.8, 4) is 5.75 Å². The standard InChI is InChI=1S/C10H11ClO/c1-7(2)9-5-4-8(12-3)6-10(9)11/h4-6H,1H2,2-3H3. The third kappa shape index (κ3) is 1.80. The second-order valence-electron chi connectivity index (χ2n) is 2.63. The third-order valence-corrected chi connectivity index (χ3v) is 1.95. The van der Waals surface area contributed by atoms with E-state index in [-0.39, 0.29) is 0 Å². The number of rotatable bonds is 2. The van der Waals surface area contributed by atoms with Crippen LogP contribution in [0.4, 0.5) is 0 Å². The van der Waals surface area contributed by atoms with E-state index >= 15 is 0 Å². The number of hydrogen-bond donors (Lipinski definition) is 0. The van der Waals surface area contributed by atoms with Crippen LogP contribution in [-0.2, 0) is 0 Å². The molecule has 1 aromatic rings. The summed E-state index contributed by atoms with van der Waals surface area (Å²) in [5, 5.41) is 0.682. The molecule has 0 aliphatic heterocycles. The number of benzene rings is 1. The lowest BCUT2D eigenvalue weighted by atomic mass is 10.1. The van der Waals surface area contributed by atoms with Crippen LogP contribution in [0.1, 0.15) is 12.5 Å². The van der Waals surface area contributed by atoms with Crippen molar-refractivity contribution in [2.45, 2.75) is 6.92 Å². The Morgan fingerprint density at radius 2 is 2.17 bits per heavy atom. The minimum atomic E-state index is 0.682. The molecule has 0 amide bonds. The molecule has 0 atom stereocenters. The first-order chi connectivity index (χ1) is 5.65. The maximum absolute atomic E-state index is 5.96. The summed E-state index contributed by atoms with van der Waals surface area (Å²) in [5.74, 6) is 0.769. The number of methoxy groups -OCH3 is 1. The molecule has 0 spiro atoms. The van der Waals surface area contributed by atoms with Gasteiger partial charge < -0.3 is 4.74 Å². The molecule has 0 radical (unpaired) electrons. The van der Waals surface area contributed by atoms with E-state index in [1.165, 1.54) is 0 Å². The molecule has 0 heterocycles. The summed E-state index contributed by atoms with van der Waals surface area (Å²) in [5.41, 5.74) is 1.93. The molecular formula is C10H11ClO.